The number of benzene rings is 2. The minimum absolute atomic E-state index is 0.0457. The van der Waals surface area contributed by atoms with E-state index in [1.165, 1.54) is 6.07 Å². The first-order chi connectivity index (χ1) is 11.9. The van der Waals surface area contributed by atoms with Crippen molar-refractivity contribution in [2.24, 2.45) is 0 Å². The highest BCUT2D eigenvalue weighted by atomic mass is 32.2. The molecule has 2 aromatic carbocycles. The maximum atomic E-state index is 12.3. The summed E-state index contributed by atoms with van der Waals surface area (Å²) in [5.41, 5.74) is 5.66. The molecule has 3 rings (SSSR count). The van der Waals surface area contributed by atoms with Crippen LogP contribution in [0.5, 0.6) is 0 Å². The molecule has 7 nitrogen and oxygen atoms in total. The van der Waals surface area contributed by atoms with Gasteiger partial charge in [-0.05, 0) is 49.2 Å². The molecule has 0 fully saturated rings. The van der Waals surface area contributed by atoms with E-state index in [4.69, 9.17) is 0 Å². The van der Waals surface area contributed by atoms with Crippen molar-refractivity contribution in [3.63, 3.8) is 0 Å². The van der Waals surface area contributed by atoms with Crippen molar-refractivity contribution in [3.05, 3.63) is 59.9 Å². The summed E-state index contributed by atoms with van der Waals surface area (Å²) in [5, 5.41) is 0. The average molecular weight is 358 g/mol. The maximum Gasteiger partial charge on any atom is 0.257 e. The minimum atomic E-state index is -3.82. The Balaban J connectivity index is 1.68. The summed E-state index contributed by atoms with van der Waals surface area (Å²) < 4.78 is 26.2. The van der Waals surface area contributed by atoms with Crippen LogP contribution in [0.4, 0.5) is 0 Å². The standard InChI is InChI=1S/C17H18N4O3S/c1-12-7-8-14(9-13(12)2)25(23,24)20-19-17(22)10-21-11-18-15-5-3-4-6-16(15)21/h3-9,11,20H,10H2,1-2H3,(H,19,22). The molecular formula is C17H18N4O3S. The zero-order valence-corrected chi connectivity index (χ0v) is 14.7. The highest BCUT2D eigenvalue weighted by molar-refractivity contribution is 7.89. The van der Waals surface area contributed by atoms with Crippen LogP contribution in [0.2, 0.25) is 0 Å². The number of para-hydroxylation sites is 2. The van der Waals surface area contributed by atoms with Crippen molar-refractivity contribution < 1.29 is 13.2 Å². The molecule has 0 aliphatic rings. The molecule has 0 radical (unpaired) electrons. The SMILES string of the molecule is Cc1ccc(S(=O)(=O)NNC(=O)Cn2cnc3ccccc32)cc1C. The number of nitrogens with zero attached hydrogens (tertiary/aromatic N) is 2. The predicted octanol–water partition coefficient (Wildman–Crippen LogP) is 1.66. The van der Waals surface area contributed by atoms with Crippen LogP contribution in [0.25, 0.3) is 11.0 Å². The lowest BCUT2D eigenvalue weighted by Crippen LogP contribution is -2.43. The second kappa shape index (κ2) is 6.66. The third-order valence-corrected chi connectivity index (χ3v) is 5.20. The van der Waals surface area contributed by atoms with E-state index >= 15 is 0 Å². The van der Waals surface area contributed by atoms with Gasteiger partial charge in [0.2, 0.25) is 0 Å². The molecule has 1 aromatic heterocycles. The van der Waals surface area contributed by atoms with Crippen LogP contribution >= 0.6 is 0 Å². The Labute approximate surface area is 145 Å². The van der Waals surface area contributed by atoms with Crippen molar-refractivity contribution >= 4 is 27.0 Å². The molecule has 2 N–H and O–H groups in total. The lowest BCUT2D eigenvalue weighted by Gasteiger charge is -2.10. The smallest absolute Gasteiger partial charge is 0.257 e. The monoisotopic (exact) mass is 358 g/mol. The van der Waals surface area contributed by atoms with Gasteiger partial charge in [-0.25, -0.2) is 13.4 Å². The van der Waals surface area contributed by atoms with E-state index in [0.717, 1.165) is 22.2 Å². The van der Waals surface area contributed by atoms with Gasteiger partial charge in [0.05, 0.1) is 22.3 Å². The number of carbonyl (C=O) groups excluding carboxylic acids is 1. The lowest BCUT2D eigenvalue weighted by atomic mass is 10.1. The van der Waals surface area contributed by atoms with Crippen molar-refractivity contribution in [3.8, 4) is 0 Å². The van der Waals surface area contributed by atoms with Gasteiger partial charge < -0.3 is 4.57 Å². The number of aryl methyl sites for hydroxylation is 2. The highest BCUT2D eigenvalue weighted by Gasteiger charge is 2.16. The van der Waals surface area contributed by atoms with Crippen molar-refractivity contribution in [1.82, 2.24) is 19.8 Å². The molecule has 130 valence electrons. The number of aromatic nitrogens is 2. The number of imidazole rings is 1. The number of nitrogens with one attached hydrogen (secondary N) is 2. The van der Waals surface area contributed by atoms with Crippen LogP contribution in [0.15, 0.2) is 53.7 Å². The molecular weight excluding hydrogens is 340 g/mol. The zero-order valence-electron chi connectivity index (χ0n) is 13.9. The Morgan fingerprint density at radius 2 is 1.88 bits per heavy atom. The van der Waals surface area contributed by atoms with Crippen LogP contribution in [-0.4, -0.2) is 23.9 Å². The zero-order chi connectivity index (χ0) is 18.0. The molecule has 8 heteroatoms. The summed E-state index contributed by atoms with van der Waals surface area (Å²) in [5.74, 6) is -0.490. The van der Waals surface area contributed by atoms with Gasteiger partial charge in [0.15, 0.2) is 0 Å². The first-order valence-electron chi connectivity index (χ1n) is 7.64. The van der Waals surface area contributed by atoms with E-state index in [1.54, 1.807) is 23.0 Å². The number of hydrogen-bond acceptors (Lipinski definition) is 4. The van der Waals surface area contributed by atoms with Gasteiger partial charge in [-0.3, -0.25) is 10.2 Å². The topological polar surface area (TPSA) is 93.1 Å². The maximum absolute atomic E-state index is 12.3. The molecule has 0 atom stereocenters. The fraction of sp³-hybridized carbons (Fsp3) is 0.176. The quantitative estimate of drug-likeness (QED) is 0.679. The van der Waals surface area contributed by atoms with E-state index in [2.05, 4.69) is 15.2 Å². The molecule has 0 unspecified atom stereocenters. The number of fused-ring (bicyclic) bond motifs is 1. The second-order valence-corrected chi connectivity index (χ2v) is 7.44. The first kappa shape index (κ1) is 17.1. The van der Waals surface area contributed by atoms with Gasteiger partial charge in [0, 0.05) is 0 Å². The van der Waals surface area contributed by atoms with E-state index < -0.39 is 15.9 Å². The van der Waals surface area contributed by atoms with Crippen LogP contribution in [-0.2, 0) is 21.4 Å². The predicted molar refractivity (Wildman–Crippen MR) is 94.1 cm³/mol. The number of amides is 1. The Hall–Kier alpha value is -2.71. The van der Waals surface area contributed by atoms with E-state index in [1.807, 2.05) is 38.1 Å². The van der Waals surface area contributed by atoms with Crippen molar-refractivity contribution in [1.29, 1.82) is 0 Å². The lowest BCUT2D eigenvalue weighted by molar-refractivity contribution is -0.122. The minimum Gasteiger partial charge on any atom is -0.321 e. The van der Waals surface area contributed by atoms with E-state index in [9.17, 15) is 13.2 Å². The van der Waals surface area contributed by atoms with Gasteiger partial charge in [-0.2, -0.15) is 0 Å². The Bertz CT molecular complexity index is 1040. The number of sulfonamides is 1. The fourth-order valence-electron chi connectivity index (χ4n) is 2.39. The molecule has 1 heterocycles. The molecule has 0 aliphatic heterocycles. The van der Waals surface area contributed by atoms with Gasteiger partial charge >= 0.3 is 0 Å². The summed E-state index contributed by atoms with van der Waals surface area (Å²) in [6.45, 7) is 3.68. The molecule has 0 bridgehead atoms. The Morgan fingerprint density at radius 3 is 2.64 bits per heavy atom. The average Bonchev–Trinajstić information content (AvgIpc) is 2.99. The second-order valence-electron chi connectivity index (χ2n) is 5.76. The summed E-state index contributed by atoms with van der Waals surface area (Å²) >= 11 is 0. The summed E-state index contributed by atoms with van der Waals surface area (Å²) in [6, 6.07) is 12.2. The number of carbonyl (C=O) groups is 1. The molecule has 1 amide bonds. The van der Waals surface area contributed by atoms with Crippen molar-refractivity contribution in [2.75, 3.05) is 0 Å². The number of hydrazine groups is 1. The molecule has 25 heavy (non-hydrogen) atoms. The molecule has 0 aliphatic carbocycles. The van der Waals surface area contributed by atoms with Crippen LogP contribution in [0.1, 0.15) is 11.1 Å². The first-order valence-corrected chi connectivity index (χ1v) is 9.13. The third-order valence-electron chi connectivity index (χ3n) is 3.95. The van der Waals surface area contributed by atoms with Crippen LogP contribution in [0, 0.1) is 13.8 Å². The van der Waals surface area contributed by atoms with Gasteiger partial charge in [0.1, 0.15) is 6.54 Å². The third kappa shape index (κ3) is 3.70. The summed E-state index contributed by atoms with van der Waals surface area (Å²) in [4.78, 5) is 18.5. The highest BCUT2D eigenvalue weighted by Crippen LogP contribution is 2.14. The molecule has 0 saturated carbocycles. The Kier molecular flexibility index (Phi) is 4.56. The largest absolute Gasteiger partial charge is 0.321 e. The Morgan fingerprint density at radius 1 is 1.12 bits per heavy atom. The number of hydrogen-bond donors (Lipinski definition) is 2. The molecule has 0 spiro atoms. The molecule has 0 saturated heterocycles. The van der Waals surface area contributed by atoms with Gasteiger partial charge in [0.25, 0.3) is 15.9 Å². The number of rotatable bonds is 5. The van der Waals surface area contributed by atoms with Crippen molar-refractivity contribution in [2.45, 2.75) is 25.3 Å². The molecule has 3 aromatic rings. The van der Waals surface area contributed by atoms with E-state index in [0.29, 0.717) is 0 Å². The normalized spacial score (nSPS) is 11.6. The fourth-order valence-corrected chi connectivity index (χ4v) is 3.34. The van der Waals surface area contributed by atoms with Gasteiger partial charge in [-0.15, -0.1) is 4.83 Å². The van der Waals surface area contributed by atoms with Crippen LogP contribution < -0.4 is 10.3 Å². The summed E-state index contributed by atoms with van der Waals surface area (Å²) in [7, 11) is -3.82. The summed E-state index contributed by atoms with van der Waals surface area (Å²) in [6.07, 6.45) is 1.54. The van der Waals surface area contributed by atoms with E-state index in [-0.39, 0.29) is 11.4 Å². The van der Waals surface area contributed by atoms with Crippen LogP contribution in [0.3, 0.4) is 0 Å². The van der Waals surface area contributed by atoms with Gasteiger partial charge in [-0.1, -0.05) is 18.2 Å².